The lowest BCUT2D eigenvalue weighted by Gasteiger charge is -2.18. The Bertz CT molecular complexity index is 139. The van der Waals surface area contributed by atoms with Crippen LogP contribution in [-0.4, -0.2) is 12.3 Å². The molecule has 76 valence electrons. The lowest BCUT2D eigenvalue weighted by molar-refractivity contribution is 0.0336. The minimum Gasteiger partial charge on any atom is -0.393 e. The van der Waals surface area contributed by atoms with Crippen LogP contribution in [0.1, 0.15) is 58.3 Å². The van der Waals surface area contributed by atoms with Crippen molar-refractivity contribution in [2.45, 2.75) is 64.4 Å². The first-order chi connectivity index (χ1) is 6.43. The molecule has 1 rings (SSSR count). The summed E-state index contributed by atoms with van der Waals surface area (Å²) in [4.78, 5) is 5.40. The van der Waals surface area contributed by atoms with Crippen LogP contribution >= 0.6 is 0 Å². The predicted octanol–water partition coefficient (Wildman–Crippen LogP) is 3.51. The minimum atomic E-state index is 0.409. The maximum atomic E-state index is 5.40. The number of hydrogen-bond acceptors (Lipinski definition) is 2. The van der Waals surface area contributed by atoms with Crippen LogP contribution in [0.2, 0.25) is 0 Å². The standard InChI is InChI=1S/C11H21NO/c1-2-3-7-10-12-13-11-8-5-4-6-9-11/h10-11H,2-9H2,1H3. The van der Waals surface area contributed by atoms with Gasteiger partial charge in [0.05, 0.1) is 0 Å². The van der Waals surface area contributed by atoms with Crippen molar-refractivity contribution in [3.8, 4) is 0 Å². The molecule has 0 aromatic heterocycles. The third kappa shape index (κ3) is 4.91. The summed E-state index contributed by atoms with van der Waals surface area (Å²) in [5.74, 6) is 0. The van der Waals surface area contributed by atoms with Crippen LogP contribution in [0.5, 0.6) is 0 Å². The van der Waals surface area contributed by atoms with Crippen molar-refractivity contribution in [1.82, 2.24) is 0 Å². The zero-order valence-electron chi connectivity index (χ0n) is 8.67. The van der Waals surface area contributed by atoms with E-state index in [1.54, 1.807) is 0 Å². The highest BCUT2D eigenvalue weighted by atomic mass is 16.6. The van der Waals surface area contributed by atoms with Gasteiger partial charge in [-0.2, -0.15) is 0 Å². The fourth-order valence-electron chi connectivity index (χ4n) is 1.65. The first-order valence-electron chi connectivity index (χ1n) is 5.61. The van der Waals surface area contributed by atoms with E-state index >= 15 is 0 Å². The smallest absolute Gasteiger partial charge is 0.127 e. The van der Waals surface area contributed by atoms with Gasteiger partial charge in [0.2, 0.25) is 0 Å². The summed E-state index contributed by atoms with van der Waals surface area (Å²) in [6.45, 7) is 2.19. The monoisotopic (exact) mass is 183 g/mol. The molecular weight excluding hydrogens is 162 g/mol. The van der Waals surface area contributed by atoms with Gasteiger partial charge in [-0.25, -0.2) is 0 Å². The second-order valence-corrected chi connectivity index (χ2v) is 3.80. The Morgan fingerprint density at radius 3 is 2.77 bits per heavy atom. The normalized spacial score (nSPS) is 19.5. The highest BCUT2D eigenvalue weighted by Crippen LogP contribution is 2.20. The van der Waals surface area contributed by atoms with Gasteiger partial charge in [0.25, 0.3) is 0 Å². The molecule has 0 saturated heterocycles. The number of hydrogen-bond donors (Lipinski definition) is 0. The number of rotatable bonds is 5. The molecule has 0 aromatic carbocycles. The zero-order valence-corrected chi connectivity index (χ0v) is 8.67. The summed E-state index contributed by atoms with van der Waals surface area (Å²) >= 11 is 0. The molecule has 0 spiro atoms. The molecule has 1 aliphatic rings. The lowest BCUT2D eigenvalue weighted by atomic mass is 9.98. The molecule has 13 heavy (non-hydrogen) atoms. The van der Waals surface area contributed by atoms with Crippen molar-refractivity contribution in [3.05, 3.63) is 0 Å². The van der Waals surface area contributed by atoms with Crippen molar-refractivity contribution < 1.29 is 4.84 Å². The summed E-state index contributed by atoms with van der Waals surface area (Å²) in [5, 5.41) is 4.01. The summed E-state index contributed by atoms with van der Waals surface area (Å²) in [7, 11) is 0. The SMILES string of the molecule is CCCCC=NOC1CCCCC1. The van der Waals surface area contributed by atoms with Gasteiger partial charge in [-0.3, -0.25) is 0 Å². The Labute approximate surface area is 81.3 Å². The minimum absolute atomic E-state index is 0.409. The van der Waals surface area contributed by atoms with E-state index in [4.69, 9.17) is 4.84 Å². The predicted molar refractivity (Wildman–Crippen MR) is 56.0 cm³/mol. The number of oxime groups is 1. The van der Waals surface area contributed by atoms with E-state index in [-0.39, 0.29) is 0 Å². The molecule has 0 amide bonds. The van der Waals surface area contributed by atoms with Gasteiger partial charge in [-0.1, -0.05) is 24.9 Å². The van der Waals surface area contributed by atoms with Crippen LogP contribution in [0.15, 0.2) is 5.16 Å². The summed E-state index contributed by atoms with van der Waals surface area (Å²) < 4.78 is 0. The van der Waals surface area contributed by atoms with Crippen LogP contribution in [0.4, 0.5) is 0 Å². The van der Waals surface area contributed by atoms with Crippen molar-refractivity contribution in [2.75, 3.05) is 0 Å². The summed E-state index contributed by atoms with van der Waals surface area (Å²) in [5.41, 5.74) is 0. The van der Waals surface area contributed by atoms with Gasteiger partial charge in [0.15, 0.2) is 0 Å². The Hall–Kier alpha value is -0.530. The van der Waals surface area contributed by atoms with Crippen LogP contribution < -0.4 is 0 Å². The maximum Gasteiger partial charge on any atom is 0.127 e. The molecule has 1 fully saturated rings. The van der Waals surface area contributed by atoms with E-state index in [2.05, 4.69) is 12.1 Å². The maximum absolute atomic E-state index is 5.40. The van der Waals surface area contributed by atoms with Crippen molar-refractivity contribution in [2.24, 2.45) is 5.16 Å². The van der Waals surface area contributed by atoms with Gasteiger partial charge in [-0.15, -0.1) is 0 Å². The van der Waals surface area contributed by atoms with Gasteiger partial charge in [0, 0.05) is 6.21 Å². The second-order valence-electron chi connectivity index (χ2n) is 3.80. The summed E-state index contributed by atoms with van der Waals surface area (Å²) in [6, 6.07) is 0. The molecule has 0 bridgehead atoms. The molecular formula is C11H21NO. The van der Waals surface area contributed by atoms with Gasteiger partial charge < -0.3 is 4.84 Å². The molecule has 1 aliphatic carbocycles. The zero-order chi connectivity index (χ0) is 9.36. The van der Waals surface area contributed by atoms with Crippen LogP contribution in [0.25, 0.3) is 0 Å². The highest BCUT2D eigenvalue weighted by Gasteiger charge is 2.13. The Morgan fingerprint density at radius 1 is 1.31 bits per heavy atom. The molecule has 2 heteroatoms. The van der Waals surface area contributed by atoms with Gasteiger partial charge >= 0.3 is 0 Å². The number of unbranched alkanes of at least 4 members (excludes halogenated alkanes) is 2. The van der Waals surface area contributed by atoms with E-state index in [0.29, 0.717) is 6.10 Å². The molecule has 0 N–H and O–H groups in total. The van der Waals surface area contributed by atoms with E-state index in [9.17, 15) is 0 Å². The molecule has 2 nitrogen and oxygen atoms in total. The van der Waals surface area contributed by atoms with Crippen molar-refractivity contribution >= 4 is 6.21 Å². The van der Waals surface area contributed by atoms with Crippen LogP contribution in [0.3, 0.4) is 0 Å². The fourth-order valence-corrected chi connectivity index (χ4v) is 1.65. The first-order valence-corrected chi connectivity index (χ1v) is 5.61. The molecule has 1 saturated carbocycles. The van der Waals surface area contributed by atoms with E-state index < -0.39 is 0 Å². The lowest BCUT2D eigenvalue weighted by Crippen LogP contribution is -2.13. The molecule has 0 heterocycles. The summed E-state index contributed by atoms with van der Waals surface area (Å²) in [6.07, 6.45) is 12.2. The number of nitrogens with zero attached hydrogens (tertiary/aromatic N) is 1. The van der Waals surface area contributed by atoms with E-state index in [1.807, 2.05) is 6.21 Å². The fraction of sp³-hybridized carbons (Fsp3) is 0.909. The van der Waals surface area contributed by atoms with E-state index in [1.165, 1.54) is 44.9 Å². The van der Waals surface area contributed by atoms with Gasteiger partial charge in [-0.05, 0) is 38.5 Å². The van der Waals surface area contributed by atoms with Crippen LogP contribution in [0, 0.1) is 0 Å². The molecule has 0 radical (unpaired) electrons. The largest absolute Gasteiger partial charge is 0.393 e. The highest BCUT2D eigenvalue weighted by molar-refractivity contribution is 5.56. The van der Waals surface area contributed by atoms with Crippen molar-refractivity contribution in [1.29, 1.82) is 0 Å². The topological polar surface area (TPSA) is 21.6 Å². The molecule has 0 aliphatic heterocycles. The quantitative estimate of drug-likeness (QED) is 0.363. The third-order valence-corrected chi connectivity index (χ3v) is 2.52. The van der Waals surface area contributed by atoms with Gasteiger partial charge in [0.1, 0.15) is 6.10 Å². The Morgan fingerprint density at radius 2 is 2.08 bits per heavy atom. The Kier molecular flexibility index (Phi) is 5.62. The molecule has 0 unspecified atom stereocenters. The van der Waals surface area contributed by atoms with Crippen LogP contribution in [-0.2, 0) is 4.84 Å². The average Bonchev–Trinajstić information content (AvgIpc) is 2.19. The Balaban J connectivity index is 2.00. The molecule has 0 aromatic rings. The second kappa shape index (κ2) is 6.93. The third-order valence-electron chi connectivity index (χ3n) is 2.52. The van der Waals surface area contributed by atoms with Crippen molar-refractivity contribution in [3.63, 3.8) is 0 Å². The van der Waals surface area contributed by atoms with E-state index in [0.717, 1.165) is 6.42 Å². The average molecular weight is 183 g/mol. The molecule has 0 atom stereocenters. The first kappa shape index (κ1) is 10.6.